The molecule has 0 aliphatic carbocycles. The number of phenols is 1. The zero-order valence-corrected chi connectivity index (χ0v) is 24.8. The molecule has 4 amide bonds. The Labute approximate surface area is 254 Å². The summed E-state index contributed by atoms with van der Waals surface area (Å²) in [7, 11) is 0. The number of nitrogens with one attached hydrogen (secondary N) is 3. The van der Waals surface area contributed by atoms with Crippen LogP contribution in [0.4, 0.5) is 0 Å². The number of para-hydroxylation sites is 1. The zero-order chi connectivity index (χ0) is 32.4. The highest BCUT2D eigenvalue weighted by atomic mass is 16.5. The third-order valence-corrected chi connectivity index (χ3v) is 7.08. The van der Waals surface area contributed by atoms with E-state index in [1.807, 2.05) is 0 Å². The first-order chi connectivity index (χ1) is 20.9. The largest absolute Gasteiger partial charge is 0.508 e. The lowest BCUT2D eigenvalue weighted by Gasteiger charge is -2.31. The molecule has 0 bridgehead atoms. The molecule has 2 aromatic carbocycles. The van der Waals surface area contributed by atoms with Crippen LogP contribution in [-0.2, 0) is 35.2 Å². The Bertz CT molecular complexity index is 1330. The summed E-state index contributed by atoms with van der Waals surface area (Å²) in [6.07, 6.45) is -0.784. The topological polar surface area (TPSA) is 191 Å². The number of ether oxygens (including phenoxy) is 1. The molecule has 1 fully saturated rings. The van der Waals surface area contributed by atoms with Gasteiger partial charge in [0.1, 0.15) is 42.0 Å². The molecule has 1 heterocycles. The number of hydrogen-bond acceptors (Lipinski definition) is 8. The van der Waals surface area contributed by atoms with E-state index >= 15 is 0 Å². The maximum atomic E-state index is 14.0. The number of hydrogen-bond donors (Lipinski definition) is 5. The van der Waals surface area contributed by atoms with Gasteiger partial charge in [-0.2, -0.15) is 0 Å². The molecule has 0 radical (unpaired) electrons. The van der Waals surface area contributed by atoms with E-state index < -0.39 is 72.2 Å². The van der Waals surface area contributed by atoms with Crippen LogP contribution in [0.15, 0.2) is 54.6 Å². The summed E-state index contributed by atoms with van der Waals surface area (Å²) in [5.41, 5.74) is 0.660. The van der Waals surface area contributed by atoms with Crippen LogP contribution in [0.5, 0.6) is 11.5 Å². The Morgan fingerprint density at radius 1 is 1.00 bits per heavy atom. The van der Waals surface area contributed by atoms with Gasteiger partial charge in [-0.05, 0) is 35.7 Å². The van der Waals surface area contributed by atoms with E-state index in [-0.39, 0.29) is 25.1 Å². The summed E-state index contributed by atoms with van der Waals surface area (Å²) >= 11 is 0. The summed E-state index contributed by atoms with van der Waals surface area (Å²) in [5, 5.41) is 26.4. The van der Waals surface area contributed by atoms with Crippen molar-refractivity contribution in [2.75, 3.05) is 6.54 Å². The lowest BCUT2D eigenvalue weighted by atomic mass is 10.00. The van der Waals surface area contributed by atoms with Gasteiger partial charge in [-0.15, -0.1) is 0 Å². The molecule has 5 unspecified atom stereocenters. The summed E-state index contributed by atoms with van der Waals surface area (Å²) in [5.74, 6) is -3.56. The number of aromatic hydroxyl groups is 1. The zero-order valence-electron chi connectivity index (χ0n) is 24.8. The number of amides is 4. The van der Waals surface area contributed by atoms with E-state index in [0.717, 1.165) is 0 Å². The molecule has 5 atom stereocenters. The smallest absolute Gasteiger partial charge is 0.305 e. The van der Waals surface area contributed by atoms with E-state index in [4.69, 9.17) is 9.84 Å². The Morgan fingerprint density at radius 3 is 2.23 bits per heavy atom. The highest BCUT2D eigenvalue weighted by molar-refractivity contribution is 5.95. The summed E-state index contributed by atoms with van der Waals surface area (Å²) in [6.45, 7) is 4.68. The molecule has 5 N–H and O–H groups in total. The van der Waals surface area contributed by atoms with Crippen molar-refractivity contribution in [2.24, 2.45) is 5.92 Å². The van der Waals surface area contributed by atoms with Crippen molar-refractivity contribution in [1.29, 1.82) is 0 Å². The fourth-order valence-electron chi connectivity index (χ4n) is 4.94. The van der Waals surface area contributed by atoms with Gasteiger partial charge in [-0.25, -0.2) is 0 Å². The number of carboxylic acids is 1. The molecule has 236 valence electrons. The molecule has 44 heavy (non-hydrogen) atoms. The first-order valence-corrected chi connectivity index (χ1v) is 14.2. The number of aliphatic carboxylic acids is 1. The normalized spacial score (nSPS) is 18.0. The number of phenolic OH excluding ortho intramolecular Hbond substituents is 1. The molecule has 1 saturated heterocycles. The average molecular weight is 611 g/mol. The number of benzene rings is 2. The van der Waals surface area contributed by atoms with Gasteiger partial charge >= 0.3 is 5.97 Å². The standard InChI is InChI=1S/C31H38N4O9/c1-18(2)28(34-29(41)25(32-19(3)37)13-20-9-11-22(38)12-10-20)31(43)35-16-24(44-23-7-5-4-6-8-23)15-26(35)30(42)33-21(17-36)14-27(39)40/h4-12,17-18,21,24-26,28,38H,13-16H2,1-3H3,(H,32,37)(H,33,42)(H,34,41)(H,39,40). The van der Waals surface area contributed by atoms with Gasteiger partial charge < -0.3 is 40.6 Å². The molecular formula is C31H38N4O9. The number of aldehydes is 1. The first-order valence-electron chi connectivity index (χ1n) is 14.2. The monoisotopic (exact) mass is 610 g/mol. The van der Waals surface area contributed by atoms with Crippen molar-refractivity contribution in [3.05, 3.63) is 60.2 Å². The van der Waals surface area contributed by atoms with Crippen molar-refractivity contribution >= 4 is 35.9 Å². The van der Waals surface area contributed by atoms with Gasteiger partial charge in [0.15, 0.2) is 0 Å². The van der Waals surface area contributed by atoms with Crippen molar-refractivity contribution < 1.29 is 43.7 Å². The summed E-state index contributed by atoms with van der Waals surface area (Å²) in [6, 6.07) is 10.4. The number of carboxylic acid groups (broad SMARTS) is 1. The Balaban J connectivity index is 1.84. The molecule has 13 heteroatoms. The lowest BCUT2D eigenvalue weighted by molar-refractivity contribution is -0.143. The molecule has 1 aliphatic rings. The minimum atomic E-state index is -1.30. The van der Waals surface area contributed by atoms with E-state index in [1.165, 1.54) is 24.0 Å². The number of carbonyl (C=O) groups is 6. The van der Waals surface area contributed by atoms with Gasteiger partial charge in [0, 0.05) is 19.8 Å². The molecule has 2 aromatic rings. The fraction of sp³-hybridized carbons (Fsp3) is 0.419. The fourth-order valence-corrected chi connectivity index (χ4v) is 4.94. The Hall–Kier alpha value is -4.94. The molecule has 1 aliphatic heterocycles. The van der Waals surface area contributed by atoms with Gasteiger partial charge in [-0.3, -0.25) is 24.0 Å². The van der Waals surface area contributed by atoms with Crippen molar-refractivity contribution in [1.82, 2.24) is 20.9 Å². The van der Waals surface area contributed by atoms with Crippen LogP contribution < -0.4 is 20.7 Å². The molecule has 3 rings (SSSR count). The van der Waals surface area contributed by atoms with Crippen molar-refractivity contribution in [3.63, 3.8) is 0 Å². The Morgan fingerprint density at radius 2 is 1.66 bits per heavy atom. The third kappa shape index (κ3) is 9.54. The van der Waals surface area contributed by atoms with Crippen LogP contribution in [0.2, 0.25) is 0 Å². The van der Waals surface area contributed by atoms with Crippen LogP contribution >= 0.6 is 0 Å². The van der Waals surface area contributed by atoms with Crippen LogP contribution in [-0.4, -0.2) is 87.8 Å². The number of likely N-dealkylation sites (tertiary alicyclic amines) is 1. The van der Waals surface area contributed by atoms with Crippen LogP contribution in [0.25, 0.3) is 0 Å². The number of carbonyl (C=O) groups excluding carboxylic acids is 5. The van der Waals surface area contributed by atoms with Crippen LogP contribution in [0.1, 0.15) is 39.2 Å². The highest BCUT2D eigenvalue weighted by Gasteiger charge is 2.44. The maximum Gasteiger partial charge on any atom is 0.305 e. The highest BCUT2D eigenvalue weighted by Crippen LogP contribution is 2.25. The van der Waals surface area contributed by atoms with Gasteiger partial charge in [0.05, 0.1) is 19.0 Å². The molecule has 0 spiro atoms. The Kier molecular flexibility index (Phi) is 11.8. The number of nitrogens with zero attached hydrogens (tertiary/aromatic N) is 1. The van der Waals surface area contributed by atoms with Gasteiger partial charge in [-0.1, -0.05) is 44.2 Å². The molecular weight excluding hydrogens is 572 g/mol. The lowest BCUT2D eigenvalue weighted by Crippen LogP contribution is -2.59. The van der Waals surface area contributed by atoms with Crippen LogP contribution in [0.3, 0.4) is 0 Å². The quantitative estimate of drug-likeness (QED) is 0.192. The van der Waals surface area contributed by atoms with Gasteiger partial charge in [0.25, 0.3) is 0 Å². The minimum Gasteiger partial charge on any atom is -0.508 e. The van der Waals surface area contributed by atoms with E-state index in [1.54, 1.807) is 56.3 Å². The SMILES string of the molecule is CC(=O)NC(Cc1ccc(O)cc1)C(=O)NC(C(=O)N1CC(Oc2ccccc2)CC1C(=O)NC(C=O)CC(=O)O)C(C)C. The predicted molar refractivity (Wildman–Crippen MR) is 157 cm³/mol. The molecule has 0 aromatic heterocycles. The van der Waals surface area contributed by atoms with E-state index in [0.29, 0.717) is 17.6 Å². The molecule has 0 saturated carbocycles. The minimum absolute atomic E-state index is 0.0157. The summed E-state index contributed by atoms with van der Waals surface area (Å²) < 4.78 is 6.02. The second-order valence-electron chi connectivity index (χ2n) is 11.0. The van der Waals surface area contributed by atoms with Crippen molar-refractivity contribution in [3.8, 4) is 11.5 Å². The second-order valence-corrected chi connectivity index (χ2v) is 11.0. The van der Waals surface area contributed by atoms with E-state index in [9.17, 15) is 33.9 Å². The van der Waals surface area contributed by atoms with Gasteiger partial charge in [0.2, 0.25) is 23.6 Å². The van der Waals surface area contributed by atoms with E-state index in [2.05, 4.69) is 16.0 Å². The average Bonchev–Trinajstić information content (AvgIpc) is 3.39. The predicted octanol–water partition coefficient (Wildman–Crippen LogP) is 0.787. The second kappa shape index (κ2) is 15.5. The number of rotatable bonds is 14. The summed E-state index contributed by atoms with van der Waals surface area (Å²) in [4.78, 5) is 76.6. The third-order valence-electron chi connectivity index (χ3n) is 7.08. The maximum absolute atomic E-state index is 14.0. The first kappa shape index (κ1) is 33.6. The molecule has 13 nitrogen and oxygen atoms in total. The van der Waals surface area contributed by atoms with Crippen LogP contribution in [0, 0.1) is 5.92 Å². The van der Waals surface area contributed by atoms with Crippen molar-refractivity contribution in [2.45, 2.75) is 70.3 Å².